The molecule has 1 aromatic carbocycles. The third-order valence-electron chi connectivity index (χ3n) is 4.40. The number of nitrogens with zero attached hydrogens (tertiary/aromatic N) is 3. The number of fused-ring (bicyclic) bond motifs is 1. The Kier molecular flexibility index (Phi) is 4.49. The molecule has 4 heterocycles. The van der Waals surface area contributed by atoms with Crippen molar-refractivity contribution in [1.29, 1.82) is 0 Å². The fraction of sp³-hybridized carbons (Fsp3) is 0.0952. The largest absolute Gasteiger partial charge is 0.459 e. The van der Waals surface area contributed by atoms with E-state index >= 15 is 0 Å². The number of hydrogen-bond acceptors (Lipinski definition) is 6. The zero-order valence-electron chi connectivity index (χ0n) is 15.5. The normalized spacial score (nSPS) is 11.2. The van der Waals surface area contributed by atoms with E-state index in [1.807, 2.05) is 70.9 Å². The highest BCUT2D eigenvalue weighted by atomic mass is 32.1. The van der Waals surface area contributed by atoms with Crippen molar-refractivity contribution in [2.75, 3.05) is 5.32 Å². The van der Waals surface area contributed by atoms with Crippen LogP contribution in [-0.4, -0.2) is 20.3 Å². The van der Waals surface area contributed by atoms with Crippen LogP contribution in [0.3, 0.4) is 0 Å². The number of thiazole rings is 2. The summed E-state index contributed by atoms with van der Waals surface area (Å²) in [5, 5.41) is 7.60. The van der Waals surface area contributed by atoms with Gasteiger partial charge in [-0.2, -0.15) is 0 Å². The molecule has 0 bridgehead atoms. The third kappa shape index (κ3) is 3.72. The van der Waals surface area contributed by atoms with E-state index in [1.165, 1.54) is 11.3 Å². The van der Waals surface area contributed by atoms with E-state index in [-0.39, 0.29) is 12.3 Å². The highest BCUT2D eigenvalue weighted by Gasteiger charge is 2.12. The molecule has 0 unspecified atom stereocenters. The molecule has 29 heavy (non-hydrogen) atoms. The van der Waals surface area contributed by atoms with Crippen LogP contribution in [0.2, 0.25) is 0 Å². The molecule has 0 fully saturated rings. The first-order chi connectivity index (χ1) is 14.1. The number of benzene rings is 1. The molecule has 0 aliphatic carbocycles. The average molecular weight is 421 g/mol. The summed E-state index contributed by atoms with van der Waals surface area (Å²) in [6.07, 6.45) is 4.21. The van der Waals surface area contributed by atoms with Gasteiger partial charge in [-0.3, -0.25) is 9.20 Å². The third-order valence-corrected chi connectivity index (χ3v) is 6.08. The van der Waals surface area contributed by atoms with E-state index in [2.05, 4.69) is 15.3 Å². The smallest absolute Gasteiger partial charge is 0.230 e. The van der Waals surface area contributed by atoms with Gasteiger partial charge in [0.15, 0.2) is 15.7 Å². The molecule has 5 aromatic rings. The van der Waals surface area contributed by atoms with Crippen molar-refractivity contribution in [3.8, 4) is 22.0 Å². The predicted molar refractivity (Wildman–Crippen MR) is 115 cm³/mol. The van der Waals surface area contributed by atoms with Gasteiger partial charge in [-0.25, -0.2) is 9.97 Å². The Bertz CT molecular complexity index is 1270. The zero-order valence-corrected chi connectivity index (χ0v) is 17.1. The lowest BCUT2D eigenvalue weighted by Crippen LogP contribution is -2.14. The van der Waals surface area contributed by atoms with Crippen molar-refractivity contribution in [2.24, 2.45) is 0 Å². The summed E-state index contributed by atoms with van der Waals surface area (Å²) in [5.74, 6) is 1.47. The molecule has 1 amide bonds. The van der Waals surface area contributed by atoms with Crippen molar-refractivity contribution in [3.05, 3.63) is 71.0 Å². The highest BCUT2D eigenvalue weighted by molar-refractivity contribution is 7.15. The number of furan rings is 1. The SMILES string of the molecule is Cc1ccc(-c2nc(CC(=O)Nc3ccc(-c4cn5ccsc5n4)cc3)cs2)o1. The number of imidazole rings is 1. The van der Waals surface area contributed by atoms with Crippen LogP contribution < -0.4 is 5.32 Å². The van der Waals surface area contributed by atoms with Crippen LogP contribution in [0.15, 0.2) is 64.0 Å². The minimum atomic E-state index is -0.104. The lowest BCUT2D eigenvalue weighted by molar-refractivity contribution is -0.115. The predicted octanol–water partition coefficient (Wildman–Crippen LogP) is 5.27. The van der Waals surface area contributed by atoms with E-state index in [0.717, 1.165) is 44.1 Å². The summed E-state index contributed by atoms with van der Waals surface area (Å²) < 4.78 is 7.59. The summed E-state index contributed by atoms with van der Waals surface area (Å²) in [7, 11) is 0. The van der Waals surface area contributed by atoms with Gasteiger partial charge in [0.05, 0.1) is 17.8 Å². The molecule has 6 nitrogen and oxygen atoms in total. The van der Waals surface area contributed by atoms with Gasteiger partial charge >= 0.3 is 0 Å². The first-order valence-corrected chi connectivity index (χ1v) is 10.7. The van der Waals surface area contributed by atoms with Crippen LogP contribution in [0.1, 0.15) is 11.5 Å². The second-order valence-electron chi connectivity index (χ2n) is 6.58. The van der Waals surface area contributed by atoms with E-state index in [4.69, 9.17) is 4.42 Å². The molecule has 0 atom stereocenters. The first kappa shape index (κ1) is 17.8. The molecule has 1 N–H and O–H groups in total. The van der Waals surface area contributed by atoms with Crippen molar-refractivity contribution in [1.82, 2.24) is 14.4 Å². The van der Waals surface area contributed by atoms with E-state index in [0.29, 0.717) is 0 Å². The lowest BCUT2D eigenvalue weighted by atomic mass is 10.1. The fourth-order valence-corrected chi connectivity index (χ4v) is 4.49. The molecule has 4 aromatic heterocycles. The van der Waals surface area contributed by atoms with Crippen LogP contribution >= 0.6 is 22.7 Å². The molecular weight excluding hydrogens is 404 g/mol. The number of aromatic nitrogens is 3. The maximum Gasteiger partial charge on any atom is 0.230 e. The second-order valence-corrected chi connectivity index (χ2v) is 8.31. The first-order valence-electron chi connectivity index (χ1n) is 8.98. The molecule has 0 saturated heterocycles. The summed E-state index contributed by atoms with van der Waals surface area (Å²) in [6, 6.07) is 11.5. The second kappa shape index (κ2) is 7.31. The number of hydrogen-bond donors (Lipinski definition) is 1. The van der Waals surface area contributed by atoms with Gasteiger partial charge in [0, 0.05) is 34.4 Å². The molecule has 0 saturated carbocycles. The Hall–Kier alpha value is -3.23. The van der Waals surface area contributed by atoms with Crippen LogP contribution in [-0.2, 0) is 11.2 Å². The monoisotopic (exact) mass is 420 g/mol. The number of amides is 1. The van der Waals surface area contributed by atoms with Crippen LogP contribution in [0.4, 0.5) is 5.69 Å². The number of carbonyl (C=O) groups is 1. The summed E-state index contributed by atoms with van der Waals surface area (Å²) in [4.78, 5) is 22.4. The molecule has 0 aliphatic heterocycles. The maximum absolute atomic E-state index is 12.4. The number of aryl methyl sites for hydroxylation is 1. The van der Waals surface area contributed by atoms with Crippen LogP contribution in [0.25, 0.3) is 27.0 Å². The summed E-state index contributed by atoms with van der Waals surface area (Å²) >= 11 is 3.07. The van der Waals surface area contributed by atoms with Gasteiger partial charge in [-0.05, 0) is 31.2 Å². The van der Waals surface area contributed by atoms with Crippen molar-refractivity contribution in [3.63, 3.8) is 0 Å². The molecule has 5 rings (SSSR count). The Morgan fingerprint density at radius 1 is 1.14 bits per heavy atom. The minimum Gasteiger partial charge on any atom is -0.459 e. The number of rotatable bonds is 5. The molecular formula is C21H16N4O2S2. The quantitative estimate of drug-likeness (QED) is 0.420. The molecule has 144 valence electrons. The van der Waals surface area contributed by atoms with Gasteiger partial charge < -0.3 is 9.73 Å². The van der Waals surface area contributed by atoms with Crippen LogP contribution in [0, 0.1) is 6.92 Å². The molecule has 0 radical (unpaired) electrons. The van der Waals surface area contributed by atoms with Gasteiger partial charge in [-0.15, -0.1) is 22.7 Å². The number of nitrogens with one attached hydrogen (secondary N) is 1. The summed E-state index contributed by atoms with van der Waals surface area (Å²) in [5.41, 5.74) is 3.40. The van der Waals surface area contributed by atoms with E-state index < -0.39 is 0 Å². The zero-order chi connectivity index (χ0) is 19.8. The topological polar surface area (TPSA) is 72.4 Å². The summed E-state index contributed by atoms with van der Waals surface area (Å²) in [6.45, 7) is 1.90. The number of carbonyl (C=O) groups excluding carboxylic acids is 1. The van der Waals surface area contributed by atoms with Crippen molar-refractivity contribution >= 4 is 39.2 Å². The molecule has 0 spiro atoms. The van der Waals surface area contributed by atoms with E-state index in [9.17, 15) is 4.79 Å². The van der Waals surface area contributed by atoms with E-state index in [1.54, 1.807) is 11.3 Å². The Balaban J connectivity index is 1.24. The Morgan fingerprint density at radius 3 is 2.76 bits per heavy atom. The molecule has 8 heteroatoms. The highest BCUT2D eigenvalue weighted by Crippen LogP contribution is 2.26. The van der Waals surface area contributed by atoms with Gasteiger partial charge in [0.1, 0.15) is 5.76 Å². The average Bonchev–Trinajstić information content (AvgIpc) is 3.46. The lowest BCUT2D eigenvalue weighted by Gasteiger charge is -2.05. The standard InChI is InChI=1S/C21H16N4O2S2/c1-13-2-7-18(27-13)20-23-16(12-29-20)10-19(26)22-15-5-3-14(4-6-15)17-11-25-8-9-28-21(25)24-17/h2-9,11-12H,10H2,1H3,(H,22,26). The van der Waals surface area contributed by atoms with Gasteiger partial charge in [0.25, 0.3) is 0 Å². The molecule has 0 aliphatic rings. The van der Waals surface area contributed by atoms with Crippen molar-refractivity contribution < 1.29 is 9.21 Å². The van der Waals surface area contributed by atoms with Gasteiger partial charge in [0.2, 0.25) is 5.91 Å². The minimum absolute atomic E-state index is 0.104. The van der Waals surface area contributed by atoms with Crippen LogP contribution in [0.5, 0.6) is 0 Å². The maximum atomic E-state index is 12.4. The van der Waals surface area contributed by atoms with Gasteiger partial charge in [-0.1, -0.05) is 12.1 Å². The Labute approximate surface area is 174 Å². The fourth-order valence-electron chi connectivity index (χ4n) is 3.01. The number of anilines is 1. The Morgan fingerprint density at radius 2 is 2.00 bits per heavy atom. The van der Waals surface area contributed by atoms with Crippen molar-refractivity contribution in [2.45, 2.75) is 13.3 Å².